The first kappa shape index (κ1) is 28.3. The van der Waals surface area contributed by atoms with Gasteiger partial charge in [0.25, 0.3) is 0 Å². The number of likely N-dealkylation sites (N-methyl/N-ethyl adjacent to an activating group) is 1. The maximum absolute atomic E-state index is 15.9. The molecular weight excluding hydrogens is 540 g/mol. The number of aliphatic hydroxyl groups is 1. The third kappa shape index (κ3) is 4.86. The molecule has 2 aromatic rings. The number of aliphatic hydroxyl groups excluding tert-OH is 1. The monoisotopic (exact) mass is 575 g/mol. The van der Waals surface area contributed by atoms with E-state index >= 15 is 4.39 Å². The summed E-state index contributed by atoms with van der Waals surface area (Å²) in [5, 5.41) is 16.6. The van der Waals surface area contributed by atoms with E-state index in [4.69, 9.17) is 23.2 Å². The Morgan fingerprint density at radius 3 is 2.54 bits per heavy atom. The number of halogens is 3. The van der Waals surface area contributed by atoms with Gasteiger partial charge in [0.2, 0.25) is 11.8 Å². The largest absolute Gasteiger partial charge is 0.393 e. The minimum absolute atomic E-state index is 0.0558. The number of benzene rings is 2. The minimum Gasteiger partial charge on any atom is -0.393 e. The molecule has 39 heavy (non-hydrogen) atoms. The fourth-order valence-corrected chi connectivity index (χ4v) is 7.43. The van der Waals surface area contributed by atoms with Gasteiger partial charge in [0, 0.05) is 28.7 Å². The molecule has 0 aromatic heterocycles. The van der Waals surface area contributed by atoms with Gasteiger partial charge in [-0.25, -0.2) is 4.39 Å². The van der Waals surface area contributed by atoms with Gasteiger partial charge in [-0.3, -0.25) is 14.5 Å². The maximum atomic E-state index is 15.9. The van der Waals surface area contributed by atoms with Crippen LogP contribution >= 0.6 is 23.2 Å². The molecule has 0 radical (unpaired) electrons. The van der Waals surface area contributed by atoms with Crippen LogP contribution in [0.25, 0.3) is 0 Å². The summed E-state index contributed by atoms with van der Waals surface area (Å²) in [6.07, 6.45) is 2.79. The number of amides is 2. The molecule has 3 N–H and O–H groups in total. The summed E-state index contributed by atoms with van der Waals surface area (Å²) in [5.41, 5.74) is 0.0537. The summed E-state index contributed by atoms with van der Waals surface area (Å²) >= 11 is 12.6. The Morgan fingerprint density at radius 1 is 1.18 bits per heavy atom. The molecule has 1 saturated carbocycles. The second-order valence-electron chi connectivity index (χ2n) is 12.5. The van der Waals surface area contributed by atoms with E-state index in [9.17, 15) is 14.7 Å². The van der Waals surface area contributed by atoms with Crippen molar-refractivity contribution in [2.75, 3.05) is 12.4 Å². The van der Waals surface area contributed by atoms with E-state index in [-0.39, 0.29) is 40.0 Å². The molecule has 6 nitrogen and oxygen atoms in total. The van der Waals surface area contributed by atoms with Gasteiger partial charge in [0.05, 0.1) is 17.2 Å². The number of carbonyl (C=O) groups excluding carboxylic acids is 2. The summed E-state index contributed by atoms with van der Waals surface area (Å²) in [5.74, 6) is -2.01. The Kier molecular flexibility index (Phi) is 7.51. The lowest BCUT2D eigenvalue weighted by Gasteiger charge is -2.39. The number of carbonyl (C=O) groups is 2. The Bertz CT molecular complexity index is 1290. The average molecular weight is 577 g/mol. The summed E-state index contributed by atoms with van der Waals surface area (Å²) < 4.78 is 15.9. The summed E-state index contributed by atoms with van der Waals surface area (Å²) in [6.45, 7) is 6.29. The van der Waals surface area contributed by atoms with Crippen LogP contribution in [0.2, 0.25) is 10.0 Å². The third-order valence-electron chi connectivity index (χ3n) is 8.75. The van der Waals surface area contributed by atoms with Crippen LogP contribution in [0.15, 0.2) is 36.4 Å². The van der Waals surface area contributed by atoms with Crippen molar-refractivity contribution in [1.29, 1.82) is 0 Å². The number of likely N-dealkylation sites (tertiary alicyclic amines) is 1. The normalized spacial score (nSPS) is 30.9. The fourth-order valence-electron chi connectivity index (χ4n) is 7.08. The first-order valence-electron chi connectivity index (χ1n) is 13.6. The van der Waals surface area contributed by atoms with Crippen LogP contribution in [-0.2, 0) is 15.0 Å². The lowest BCUT2D eigenvalue weighted by molar-refractivity contribution is -0.127. The minimum atomic E-state index is -1.27. The van der Waals surface area contributed by atoms with Gasteiger partial charge in [-0.05, 0) is 73.9 Å². The topological polar surface area (TPSA) is 81.7 Å². The molecule has 3 aliphatic rings. The van der Waals surface area contributed by atoms with Crippen LogP contribution in [0.1, 0.15) is 69.9 Å². The van der Waals surface area contributed by atoms with Crippen molar-refractivity contribution in [3.63, 3.8) is 0 Å². The zero-order chi connectivity index (χ0) is 28.3. The second kappa shape index (κ2) is 10.3. The molecule has 210 valence electrons. The highest BCUT2D eigenvalue weighted by Gasteiger charge is 2.68. The van der Waals surface area contributed by atoms with Crippen molar-refractivity contribution in [1.82, 2.24) is 10.2 Å². The number of anilines is 1. The second-order valence-corrected chi connectivity index (χ2v) is 13.4. The van der Waals surface area contributed by atoms with E-state index in [1.807, 2.05) is 18.0 Å². The molecule has 2 fully saturated rings. The molecule has 1 aliphatic carbocycles. The zero-order valence-corrected chi connectivity index (χ0v) is 24.2. The first-order valence-corrected chi connectivity index (χ1v) is 14.4. The number of nitrogens with one attached hydrogen (secondary N) is 2. The van der Waals surface area contributed by atoms with E-state index < -0.39 is 29.2 Å². The van der Waals surface area contributed by atoms with Crippen LogP contribution in [0.3, 0.4) is 0 Å². The van der Waals surface area contributed by atoms with Gasteiger partial charge in [-0.2, -0.15) is 0 Å². The highest BCUT2D eigenvalue weighted by Crippen LogP contribution is 2.60. The average Bonchev–Trinajstić information content (AvgIpc) is 3.27. The van der Waals surface area contributed by atoms with E-state index in [0.29, 0.717) is 48.4 Å². The van der Waals surface area contributed by atoms with Crippen molar-refractivity contribution in [2.24, 2.45) is 5.41 Å². The first-order chi connectivity index (χ1) is 18.3. The molecule has 5 rings (SSSR count). The quantitative estimate of drug-likeness (QED) is 0.440. The summed E-state index contributed by atoms with van der Waals surface area (Å²) in [7, 11) is 1.86. The fraction of sp³-hybridized carbons (Fsp3) is 0.533. The molecule has 2 aliphatic heterocycles. The predicted molar refractivity (Wildman–Crippen MR) is 152 cm³/mol. The van der Waals surface area contributed by atoms with E-state index in [1.165, 1.54) is 6.07 Å². The van der Waals surface area contributed by atoms with Gasteiger partial charge in [0.1, 0.15) is 11.2 Å². The smallest absolute Gasteiger partial charge is 0.238 e. The van der Waals surface area contributed by atoms with E-state index in [0.717, 1.165) is 0 Å². The van der Waals surface area contributed by atoms with Gasteiger partial charge in [-0.15, -0.1) is 0 Å². The summed E-state index contributed by atoms with van der Waals surface area (Å²) in [6, 6.07) is 8.70. The molecule has 2 heterocycles. The zero-order valence-electron chi connectivity index (χ0n) is 22.7. The highest BCUT2D eigenvalue weighted by atomic mass is 35.5. The molecule has 1 spiro atoms. The lowest BCUT2D eigenvalue weighted by atomic mass is 9.62. The van der Waals surface area contributed by atoms with Crippen LogP contribution < -0.4 is 10.6 Å². The molecule has 9 heteroatoms. The molecule has 2 aromatic carbocycles. The standard InChI is InChI=1S/C30H36Cl2FN3O3/c1-29(2,3)15-23-30(20-13-8-16(31)14-22(20)35-28(30)39)24(19-6-5-7-21(32)25(19)33)26(36(23)4)27(38)34-17-9-11-18(37)12-10-17/h5-8,13-14,17-18,23-24,26,37H,9-12,15H2,1-4H3,(H,34,38)(H,35,39)/t17?,18?,23-,24-,26+,30?/m0/s1. The van der Waals surface area contributed by atoms with Crippen LogP contribution in [0, 0.1) is 11.2 Å². The SMILES string of the molecule is CN1[C@@H](CC(C)(C)C)C2(C(=O)Nc3cc(Cl)ccc32)[C@@H](c2cccc(Cl)c2F)[C@@H]1C(=O)NC1CCC(O)CC1. The van der Waals surface area contributed by atoms with Crippen molar-refractivity contribution in [3.8, 4) is 0 Å². The summed E-state index contributed by atoms with van der Waals surface area (Å²) in [4.78, 5) is 30.4. The number of hydrogen-bond donors (Lipinski definition) is 3. The number of nitrogens with zero attached hydrogens (tertiary/aromatic N) is 1. The van der Waals surface area contributed by atoms with Gasteiger partial charge in [0.15, 0.2) is 0 Å². The van der Waals surface area contributed by atoms with Crippen LogP contribution in [-0.4, -0.2) is 53.1 Å². The molecule has 0 bridgehead atoms. The van der Waals surface area contributed by atoms with Gasteiger partial charge >= 0.3 is 0 Å². The molecule has 1 unspecified atom stereocenters. The Hall–Kier alpha value is -2.19. The molecule has 1 saturated heterocycles. The number of fused-ring (bicyclic) bond motifs is 2. The van der Waals surface area contributed by atoms with E-state index in [1.54, 1.807) is 24.3 Å². The van der Waals surface area contributed by atoms with Crippen molar-refractivity contribution >= 4 is 40.7 Å². The molecular formula is C30H36Cl2FN3O3. The number of hydrogen-bond acceptors (Lipinski definition) is 4. The van der Waals surface area contributed by atoms with E-state index in [2.05, 4.69) is 31.4 Å². The van der Waals surface area contributed by atoms with Gasteiger partial charge in [-0.1, -0.05) is 62.2 Å². The van der Waals surface area contributed by atoms with Crippen molar-refractivity contribution < 1.29 is 19.1 Å². The van der Waals surface area contributed by atoms with Crippen LogP contribution in [0.4, 0.5) is 10.1 Å². The predicted octanol–water partition coefficient (Wildman–Crippen LogP) is 5.64. The van der Waals surface area contributed by atoms with Gasteiger partial charge < -0.3 is 15.7 Å². The Morgan fingerprint density at radius 2 is 1.87 bits per heavy atom. The Balaban J connectivity index is 1.71. The number of rotatable bonds is 4. The van der Waals surface area contributed by atoms with Crippen molar-refractivity contribution in [2.45, 2.75) is 88.4 Å². The van der Waals surface area contributed by atoms with Crippen molar-refractivity contribution in [3.05, 3.63) is 63.4 Å². The maximum Gasteiger partial charge on any atom is 0.238 e. The lowest BCUT2D eigenvalue weighted by Crippen LogP contribution is -2.50. The molecule has 4 atom stereocenters. The molecule has 2 amide bonds. The Labute approximate surface area is 239 Å². The third-order valence-corrected chi connectivity index (χ3v) is 9.27. The highest BCUT2D eigenvalue weighted by molar-refractivity contribution is 6.31. The van der Waals surface area contributed by atoms with Crippen LogP contribution in [0.5, 0.6) is 0 Å².